The second-order valence-corrected chi connectivity index (χ2v) is 6.25. The number of hydrogen-bond acceptors (Lipinski definition) is 2. The highest BCUT2D eigenvalue weighted by molar-refractivity contribution is 5.86. The summed E-state index contributed by atoms with van der Waals surface area (Å²) in [4.78, 5) is 11.9. The van der Waals surface area contributed by atoms with Gasteiger partial charge in [0.15, 0.2) is 0 Å². The van der Waals surface area contributed by atoms with Crippen molar-refractivity contribution in [3.05, 3.63) is 48.0 Å². The van der Waals surface area contributed by atoms with Crippen LogP contribution in [-0.2, 0) is 11.2 Å². The molecule has 110 valence electrons. The van der Waals surface area contributed by atoms with Gasteiger partial charge in [-0.2, -0.15) is 0 Å². The van der Waals surface area contributed by atoms with Crippen molar-refractivity contribution in [2.75, 3.05) is 6.54 Å². The van der Waals surface area contributed by atoms with Crippen molar-refractivity contribution in [3.63, 3.8) is 0 Å². The fraction of sp³-hybridized carbons (Fsp3) is 0.389. The average Bonchev–Trinajstić information content (AvgIpc) is 3.30. The van der Waals surface area contributed by atoms with Gasteiger partial charge in [0, 0.05) is 6.54 Å². The highest BCUT2D eigenvalue weighted by atomic mass is 16.4. The van der Waals surface area contributed by atoms with Crippen LogP contribution < -0.4 is 5.73 Å². The van der Waals surface area contributed by atoms with Crippen LogP contribution in [0.15, 0.2) is 42.5 Å². The second-order valence-electron chi connectivity index (χ2n) is 6.25. The lowest BCUT2D eigenvalue weighted by molar-refractivity contribution is -0.149. The molecule has 0 bridgehead atoms. The van der Waals surface area contributed by atoms with Gasteiger partial charge in [0.1, 0.15) is 0 Å². The van der Waals surface area contributed by atoms with Crippen molar-refractivity contribution in [3.8, 4) is 0 Å². The Bertz CT molecular complexity index is 658. The molecule has 1 unspecified atom stereocenters. The predicted molar refractivity (Wildman–Crippen MR) is 84.1 cm³/mol. The molecule has 3 heteroatoms. The third-order valence-electron chi connectivity index (χ3n) is 4.63. The smallest absolute Gasteiger partial charge is 0.311 e. The summed E-state index contributed by atoms with van der Waals surface area (Å²) in [6.45, 7) is 0.196. The van der Waals surface area contributed by atoms with E-state index >= 15 is 0 Å². The Balaban J connectivity index is 1.99. The summed E-state index contributed by atoms with van der Waals surface area (Å²) in [6.07, 6.45) is 3.49. The highest BCUT2D eigenvalue weighted by Crippen LogP contribution is 2.42. The number of nitrogens with two attached hydrogens (primary N) is 1. The first kappa shape index (κ1) is 14.1. The van der Waals surface area contributed by atoms with Gasteiger partial charge in [-0.15, -0.1) is 0 Å². The Morgan fingerprint density at radius 3 is 2.57 bits per heavy atom. The lowest BCUT2D eigenvalue weighted by atomic mass is 9.76. The van der Waals surface area contributed by atoms with Crippen LogP contribution >= 0.6 is 0 Å². The monoisotopic (exact) mass is 283 g/mol. The van der Waals surface area contributed by atoms with Gasteiger partial charge in [0.05, 0.1) is 5.41 Å². The lowest BCUT2D eigenvalue weighted by Gasteiger charge is -2.28. The molecule has 0 amide bonds. The standard InChI is InChI=1S/C18H21NO2/c19-12-18(17(20)21,10-13-8-9-13)11-15-6-3-5-14-4-1-2-7-16(14)15/h1-7,13H,8-12,19H2,(H,20,21). The van der Waals surface area contributed by atoms with E-state index in [9.17, 15) is 9.90 Å². The van der Waals surface area contributed by atoms with Crippen molar-refractivity contribution >= 4 is 16.7 Å². The van der Waals surface area contributed by atoms with E-state index in [1.807, 2.05) is 24.3 Å². The number of benzene rings is 2. The van der Waals surface area contributed by atoms with Crippen LogP contribution in [0.3, 0.4) is 0 Å². The fourth-order valence-electron chi connectivity index (χ4n) is 3.16. The van der Waals surface area contributed by atoms with Crippen LogP contribution in [0.1, 0.15) is 24.8 Å². The van der Waals surface area contributed by atoms with Gasteiger partial charge >= 0.3 is 5.97 Å². The minimum absolute atomic E-state index is 0.196. The lowest BCUT2D eigenvalue weighted by Crippen LogP contribution is -2.41. The van der Waals surface area contributed by atoms with Crippen LogP contribution in [0.2, 0.25) is 0 Å². The van der Waals surface area contributed by atoms with Crippen LogP contribution in [-0.4, -0.2) is 17.6 Å². The third-order valence-corrected chi connectivity index (χ3v) is 4.63. The maximum Gasteiger partial charge on any atom is 0.311 e. The van der Waals surface area contributed by atoms with Crippen LogP contribution in [0.4, 0.5) is 0 Å². The van der Waals surface area contributed by atoms with Crippen molar-refractivity contribution in [2.45, 2.75) is 25.7 Å². The molecule has 3 nitrogen and oxygen atoms in total. The van der Waals surface area contributed by atoms with Crippen molar-refractivity contribution in [2.24, 2.45) is 17.1 Å². The van der Waals surface area contributed by atoms with E-state index in [1.54, 1.807) is 0 Å². The zero-order chi connectivity index (χ0) is 14.9. The molecule has 21 heavy (non-hydrogen) atoms. The molecule has 0 spiro atoms. The highest BCUT2D eigenvalue weighted by Gasteiger charge is 2.42. The average molecular weight is 283 g/mol. The largest absolute Gasteiger partial charge is 0.481 e. The molecule has 1 atom stereocenters. The first-order chi connectivity index (χ1) is 10.1. The molecule has 1 saturated carbocycles. The number of carbonyl (C=O) groups is 1. The van der Waals surface area contributed by atoms with Crippen molar-refractivity contribution in [1.29, 1.82) is 0 Å². The van der Waals surface area contributed by atoms with Gasteiger partial charge in [-0.1, -0.05) is 55.3 Å². The SMILES string of the molecule is NCC(Cc1cccc2ccccc12)(CC1CC1)C(=O)O. The summed E-state index contributed by atoms with van der Waals surface area (Å²) in [5.74, 6) is -0.218. The molecule has 0 aliphatic heterocycles. The zero-order valence-electron chi connectivity index (χ0n) is 12.1. The van der Waals surface area contributed by atoms with Crippen molar-refractivity contribution in [1.82, 2.24) is 0 Å². The van der Waals surface area contributed by atoms with Crippen LogP contribution in [0.25, 0.3) is 10.8 Å². The van der Waals surface area contributed by atoms with E-state index in [1.165, 1.54) is 0 Å². The number of carboxylic acids is 1. The summed E-state index contributed by atoms with van der Waals surface area (Å²) in [5.41, 5.74) is 6.15. The topological polar surface area (TPSA) is 63.3 Å². The number of rotatable bonds is 6. The summed E-state index contributed by atoms with van der Waals surface area (Å²) < 4.78 is 0. The quantitative estimate of drug-likeness (QED) is 0.855. The summed E-state index contributed by atoms with van der Waals surface area (Å²) in [7, 11) is 0. The Kier molecular flexibility index (Phi) is 3.68. The molecule has 0 radical (unpaired) electrons. The first-order valence-corrected chi connectivity index (χ1v) is 7.55. The van der Waals surface area contributed by atoms with Gasteiger partial charge in [-0.05, 0) is 35.1 Å². The Morgan fingerprint density at radius 1 is 1.19 bits per heavy atom. The Hall–Kier alpha value is -1.87. The Morgan fingerprint density at radius 2 is 1.90 bits per heavy atom. The molecule has 1 aliphatic carbocycles. The molecule has 2 aromatic carbocycles. The van der Waals surface area contributed by atoms with E-state index in [0.717, 1.165) is 29.2 Å². The van der Waals surface area contributed by atoms with Gasteiger partial charge in [0.25, 0.3) is 0 Å². The van der Waals surface area contributed by atoms with Gasteiger partial charge in [-0.25, -0.2) is 0 Å². The number of aliphatic carboxylic acids is 1. The molecule has 2 aromatic rings. The number of carboxylic acid groups (broad SMARTS) is 1. The summed E-state index contributed by atoms with van der Waals surface area (Å²) >= 11 is 0. The van der Waals surface area contributed by atoms with Crippen LogP contribution in [0.5, 0.6) is 0 Å². The summed E-state index contributed by atoms with van der Waals surface area (Å²) in [5, 5.41) is 12.0. The normalized spacial score (nSPS) is 17.6. The van der Waals surface area contributed by atoms with Gasteiger partial charge in [0.2, 0.25) is 0 Å². The van der Waals surface area contributed by atoms with E-state index in [0.29, 0.717) is 18.8 Å². The van der Waals surface area contributed by atoms with Gasteiger partial charge in [-0.3, -0.25) is 4.79 Å². The summed E-state index contributed by atoms with van der Waals surface area (Å²) in [6, 6.07) is 14.2. The minimum atomic E-state index is -0.828. The molecule has 0 aromatic heterocycles. The van der Waals surface area contributed by atoms with E-state index in [4.69, 9.17) is 5.73 Å². The molecular formula is C18H21NO2. The molecular weight excluding hydrogens is 262 g/mol. The van der Waals surface area contributed by atoms with Gasteiger partial charge < -0.3 is 10.8 Å². The molecule has 3 N–H and O–H groups in total. The second kappa shape index (κ2) is 5.49. The minimum Gasteiger partial charge on any atom is -0.481 e. The molecule has 0 saturated heterocycles. The zero-order valence-corrected chi connectivity index (χ0v) is 12.1. The van der Waals surface area contributed by atoms with E-state index in [2.05, 4.69) is 18.2 Å². The molecule has 1 fully saturated rings. The number of fused-ring (bicyclic) bond motifs is 1. The maximum absolute atomic E-state index is 11.9. The first-order valence-electron chi connectivity index (χ1n) is 7.55. The van der Waals surface area contributed by atoms with E-state index < -0.39 is 11.4 Å². The van der Waals surface area contributed by atoms with E-state index in [-0.39, 0.29) is 6.54 Å². The van der Waals surface area contributed by atoms with Crippen LogP contribution in [0, 0.1) is 11.3 Å². The fourth-order valence-corrected chi connectivity index (χ4v) is 3.16. The number of hydrogen-bond donors (Lipinski definition) is 2. The maximum atomic E-state index is 11.9. The predicted octanol–water partition coefficient (Wildman–Crippen LogP) is 3.21. The molecule has 1 aliphatic rings. The third kappa shape index (κ3) is 2.79. The molecule has 0 heterocycles. The molecule has 3 rings (SSSR count). The van der Waals surface area contributed by atoms with Crippen molar-refractivity contribution < 1.29 is 9.90 Å². The Labute approximate surface area is 124 Å².